The van der Waals surface area contributed by atoms with Gasteiger partial charge in [-0.3, -0.25) is 4.79 Å². The van der Waals surface area contributed by atoms with Gasteiger partial charge in [0.05, 0.1) is 18.1 Å². The Morgan fingerprint density at radius 2 is 1.89 bits per heavy atom. The van der Waals surface area contributed by atoms with E-state index in [1.807, 2.05) is 71.3 Å². The average molecular weight is 436 g/mol. The molecule has 0 spiro atoms. The van der Waals surface area contributed by atoms with Gasteiger partial charge in [0, 0.05) is 21.8 Å². The number of hydrogen-bond donors (Lipinski definition) is 1. The number of methoxy groups -OCH3 is 1. The first kappa shape index (κ1) is 18.3. The van der Waals surface area contributed by atoms with E-state index in [1.165, 1.54) is 0 Å². The number of carbonyl (C=O) groups excluding carboxylic acids is 1. The Morgan fingerprint density at radius 3 is 2.71 bits per heavy atom. The van der Waals surface area contributed by atoms with Crippen molar-refractivity contribution in [3.63, 3.8) is 0 Å². The highest BCUT2D eigenvalue weighted by Crippen LogP contribution is 2.27. The first-order valence-corrected chi connectivity index (χ1v) is 9.58. The van der Waals surface area contributed by atoms with Crippen LogP contribution in [-0.2, 0) is 11.3 Å². The van der Waals surface area contributed by atoms with E-state index in [9.17, 15) is 4.79 Å². The lowest BCUT2D eigenvalue weighted by Crippen LogP contribution is -2.19. The fourth-order valence-corrected chi connectivity index (χ4v) is 3.53. The molecule has 0 unspecified atom stereocenters. The third-order valence-electron chi connectivity index (χ3n) is 4.39. The van der Waals surface area contributed by atoms with Crippen LogP contribution in [0, 0.1) is 0 Å². The number of rotatable bonds is 5. The number of benzene rings is 3. The first-order chi connectivity index (χ1) is 13.6. The number of hydrogen-bond acceptors (Lipinski definition) is 3. The van der Waals surface area contributed by atoms with Crippen molar-refractivity contribution in [2.24, 2.45) is 0 Å². The SMILES string of the molecule is COc1cccc(NC(=O)Cn2c(-c3cccc(Br)c3)nc3ccccc32)c1. The molecule has 5 nitrogen and oxygen atoms in total. The average Bonchev–Trinajstić information content (AvgIpc) is 3.06. The van der Waals surface area contributed by atoms with Gasteiger partial charge in [-0.1, -0.05) is 46.3 Å². The van der Waals surface area contributed by atoms with E-state index in [-0.39, 0.29) is 12.5 Å². The van der Waals surface area contributed by atoms with Crippen LogP contribution in [0.2, 0.25) is 0 Å². The monoisotopic (exact) mass is 435 g/mol. The maximum atomic E-state index is 12.8. The predicted octanol–water partition coefficient (Wildman–Crippen LogP) is 5.11. The molecule has 0 saturated carbocycles. The molecule has 0 saturated heterocycles. The highest BCUT2D eigenvalue weighted by atomic mass is 79.9. The minimum atomic E-state index is -0.132. The second-order valence-electron chi connectivity index (χ2n) is 6.30. The molecule has 1 N–H and O–H groups in total. The number of halogens is 1. The molecule has 0 bridgehead atoms. The molecule has 0 fully saturated rings. The normalized spacial score (nSPS) is 10.8. The van der Waals surface area contributed by atoms with Crippen LogP contribution in [0.1, 0.15) is 0 Å². The van der Waals surface area contributed by atoms with E-state index >= 15 is 0 Å². The standard InChI is InChI=1S/C22H18BrN3O2/c1-28-18-9-5-8-17(13-18)24-21(27)14-26-20-11-3-2-10-19(20)25-22(26)15-6-4-7-16(23)12-15/h2-13H,14H2,1H3,(H,24,27). The van der Waals surface area contributed by atoms with Crippen LogP contribution < -0.4 is 10.1 Å². The number of amides is 1. The number of nitrogens with one attached hydrogen (secondary N) is 1. The number of imidazole rings is 1. The number of nitrogens with zero attached hydrogens (tertiary/aromatic N) is 2. The van der Waals surface area contributed by atoms with Crippen molar-refractivity contribution in [2.45, 2.75) is 6.54 Å². The first-order valence-electron chi connectivity index (χ1n) is 8.79. The van der Waals surface area contributed by atoms with Crippen molar-refractivity contribution >= 4 is 38.6 Å². The Hall–Kier alpha value is -3.12. The van der Waals surface area contributed by atoms with Gasteiger partial charge < -0.3 is 14.6 Å². The molecule has 4 aromatic rings. The van der Waals surface area contributed by atoms with E-state index in [1.54, 1.807) is 13.2 Å². The Bertz CT molecular complexity index is 1150. The molecule has 1 amide bonds. The van der Waals surface area contributed by atoms with E-state index < -0.39 is 0 Å². The summed E-state index contributed by atoms with van der Waals surface area (Å²) in [5.41, 5.74) is 3.41. The zero-order chi connectivity index (χ0) is 19.5. The fraction of sp³-hybridized carbons (Fsp3) is 0.0909. The number of fused-ring (bicyclic) bond motifs is 1. The Labute approximate surface area is 171 Å². The molecule has 3 aromatic carbocycles. The van der Waals surface area contributed by atoms with Gasteiger partial charge in [-0.2, -0.15) is 0 Å². The Balaban J connectivity index is 1.69. The molecule has 4 rings (SSSR count). The topological polar surface area (TPSA) is 56.1 Å². The summed E-state index contributed by atoms with van der Waals surface area (Å²) in [6.45, 7) is 0.152. The van der Waals surface area contributed by atoms with E-state index in [4.69, 9.17) is 9.72 Å². The van der Waals surface area contributed by atoms with Crippen molar-refractivity contribution in [2.75, 3.05) is 12.4 Å². The van der Waals surface area contributed by atoms with Crippen molar-refractivity contribution < 1.29 is 9.53 Å². The zero-order valence-electron chi connectivity index (χ0n) is 15.2. The molecule has 1 heterocycles. The highest BCUT2D eigenvalue weighted by Gasteiger charge is 2.15. The number of para-hydroxylation sites is 2. The van der Waals surface area contributed by atoms with Gasteiger partial charge in [0.15, 0.2) is 0 Å². The summed E-state index contributed by atoms with van der Waals surface area (Å²) in [5.74, 6) is 1.32. The summed E-state index contributed by atoms with van der Waals surface area (Å²) in [6.07, 6.45) is 0. The molecule has 1 aromatic heterocycles. The molecule has 0 aliphatic carbocycles. The number of ether oxygens (including phenoxy) is 1. The lowest BCUT2D eigenvalue weighted by molar-refractivity contribution is -0.116. The van der Waals surface area contributed by atoms with Gasteiger partial charge in [0.1, 0.15) is 18.1 Å². The summed E-state index contributed by atoms with van der Waals surface area (Å²) in [6, 6.07) is 23.0. The summed E-state index contributed by atoms with van der Waals surface area (Å²) >= 11 is 3.51. The molecule has 0 atom stereocenters. The minimum Gasteiger partial charge on any atom is -0.497 e. The van der Waals surface area contributed by atoms with E-state index in [0.29, 0.717) is 11.4 Å². The smallest absolute Gasteiger partial charge is 0.244 e. The van der Waals surface area contributed by atoms with Crippen molar-refractivity contribution in [1.29, 1.82) is 0 Å². The number of carbonyl (C=O) groups is 1. The maximum Gasteiger partial charge on any atom is 0.244 e. The van der Waals surface area contributed by atoms with Crippen LogP contribution in [0.25, 0.3) is 22.4 Å². The van der Waals surface area contributed by atoms with Gasteiger partial charge in [-0.15, -0.1) is 0 Å². The molecule has 0 radical (unpaired) electrons. The zero-order valence-corrected chi connectivity index (χ0v) is 16.8. The fourth-order valence-electron chi connectivity index (χ4n) is 3.13. The molecular weight excluding hydrogens is 418 g/mol. The van der Waals surface area contributed by atoms with Crippen LogP contribution in [0.4, 0.5) is 5.69 Å². The van der Waals surface area contributed by atoms with E-state index in [0.717, 1.165) is 26.9 Å². The van der Waals surface area contributed by atoms with Crippen molar-refractivity contribution in [1.82, 2.24) is 9.55 Å². The lowest BCUT2D eigenvalue weighted by atomic mass is 10.2. The second-order valence-corrected chi connectivity index (χ2v) is 7.22. The van der Waals surface area contributed by atoms with Gasteiger partial charge in [-0.25, -0.2) is 4.98 Å². The molecule has 140 valence electrons. The maximum absolute atomic E-state index is 12.8. The van der Waals surface area contributed by atoms with Gasteiger partial charge >= 0.3 is 0 Å². The van der Waals surface area contributed by atoms with Crippen LogP contribution >= 0.6 is 15.9 Å². The van der Waals surface area contributed by atoms with Crippen LogP contribution in [0.5, 0.6) is 5.75 Å². The quantitative estimate of drug-likeness (QED) is 0.473. The third-order valence-corrected chi connectivity index (χ3v) is 4.89. The molecule has 0 aliphatic heterocycles. The van der Waals surface area contributed by atoms with Crippen LogP contribution in [-0.4, -0.2) is 22.6 Å². The summed E-state index contributed by atoms with van der Waals surface area (Å²) in [7, 11) is 1.60. The molecule has 28 heavy (non-hydrogen) atoms. The molecule has 6 heteroatoms. The lowest BCUT2D eigenvalue weighted by Gasteiger charge is -2.11. The summed E-state index contributed by atoms with van der Waals surface area (Å²) in [4.78, 5) is 17.5. The van der Waals surface area contributed by atoms with E-state index in [2.05, 4.69) is 21.2 Å². The second kappa shape index (κ2) is 7.86. The summed E-state index contributed by atoms with van der Waals surface area (Å²) < 4.78 is 8.12. The summed E-state index contributed by atoms with van der Waals surface area (Å²) in [5, 5.41) is 2.93. The van der Waals surface area contributed by atoms with Gasteiger partial charge in [-0.05, 0) is 36.4 Å². The molecular formula is C22H18BrN3O2. The Kier molecular flexibility index (Phi) is 5.12. The molecule has 0 aliphatic rings. The van der Waals surface area contributed by atoms with Crippen molar-refractivity contribution in [3.8, 4) is 17.1 Å². The van der Waals surface area contributed by atoms with Crippen LogP contribution in [0.3, 0.4) is 0 Å². The Morgan fingerprint density at radius 1 is 1.07 bits per heavy atom. The number of aromatic nitrogens is 2. The highest BCUT2D eigenvalue weighted by molar-refractivity contribution is 9.10. The van der Waals surface area contributed by atoms with Gasteiger partial charge in [0.2, 0.25) is 5.91 Å². The predicted molar refractivity (Wildman–Crippen MR) is 114 cm³/mol. The van der Waals surface area contributed by atoms with Crippen LogP contribution in [0.15, 0.2) is 77.3 Å². The minimum absolute atomic E-state index is 0.132. The van der Waals surface area contributed by atoms with Crippen molar-refractivity contribution in [3.05, 3.63) is 77.3 Å². The van der Waals surface area contributed by atoms with Gasteiger partial charge in [0.25, 0.3) is 0 Å². The third kappa shape index (κ3) is 3.77. The number of anilines is 1. The largest absolute Gasteiger partial charge is 0.497 e.